The summed E-state index contributed by atoms with van der Waals surface area (Å²) in [5.74, 6) is 1.11. The summed E-state index contributed by atoms with van der Waals surface area (Å²) < 4.78 is 10.4. The summed E-state index contributed by atoms with van der Waals surface area (Å²) in [5.41, 5.74) is 1.89. The molecule has 110 valence electrons. The minimum atomic E-state index is -0.351. The lowest BCUT2D eigenvalue weighted by Gasteiger charge is -2.19. The number of carbonyl (C=O) groups excluding carboxylic acids is 1. The van der Waals surface area contributed by atoms with Crippen LogP contribution in [-0.2, 0) is 10.2 Å². The van der Waals surface area contributed by atoms with Crippen LogP contribution in [0.2, 0.25) is 0 Å². The van der Waals surface area contributed by atoms with E-state index in [1.165, 1.54) is 12.7 Å². The number of hydrogen-bond donors (Lipinski definition) is 0. The van der Waals surface area contributed by atoms with Crippen molar-refractivity contribution < 1.29 is 14.3 Å². The maximum atomic E-state index is 11.4. The van der Waals surface area contributed by atoms with Gasteiger partial charge in [-0.3, -0.25) is 0 Å². The molecule has 0 bridgehead atoms. The molecule has 0 spiro atoms. The van der Waals surface area contributed by atoms with Gasteiger partial charge in [-0.1, -0.05) is 32.9 Å². The third kappa shape index (κ3) is 3.85. The fourth-order valence-corrected chi connectivity index (χ4v) is 1.94. The Bertz CT molecular complexity index is 604. The topological polar surface area (TPSA) is 35.5 Å². The highest BCUT2D eigenvalue weighted by molar-refractivity contribution is 5.89. The second kappa shape index (κ2) is 6.00. The molecule has 2 aromatic rings. The lowest BCUT2D eigenvalue weighted by atomic mass is 9.87. The van der Waals surface area contributed by atoms with Crippen LogP contribution in [0, 0.1) is 0 Å². The minimum absolute atomic E-state index is 0.126. The maximum Gasteiger partial charge on any atom is 0.337 e. The van der Waals surface area contributed by atoms with Crippen molar-refractivity contribution in [3.8, 4) is 11.5 Å². The van der Waals surface area contributed by atoms with E-state index in [-0.39, 0.29) is 11.4 Å². The van der Waals surface area contributed by atoms with Crippen LogP contribution in [0.15, 0.2) is 48.5 Å². The molecule has 0 aliphatic heterocycles. The van der Waals surface area contributed by atoms with Crippen LogP contribution >= 0.6 is 0 Å². The SMILES string of the molecule is COC(=O)c1ccc(Oc2ccc(C(C)(C)C)cc2)cc1. The van der Waals surface area contributed by atoms with Crippen LogP contribution in [0.25, 0.3) is 0 Å². The molecule has 0 radical (unpaired) electrons. The average Bonchev–Trinajstić information content (AvgIpc) is 2.47. The van der Waals surface area contributed by atoms with Crippen LogP contribution < -0.4 is 4.74 Å². The van der Waals surface area contributed by atoms with Crippen molar-refractivity contribution in [1.29, 1.82) is 0 Å². The largest absolute Gasteiger partial charge is 0.465 e. The first-order chi connectivity index (χ1) is 9.90. The molecule has 0 heterocycles. The van der Waals surface area contributed by atoms with E-state index in [0.717, 1.165) is 5.75 Å². The van der Waals surface area contributed by atoms with Crippen LogP contribution in [-0.4, -0.2) is 13.1 Å². The standard InChI is InChI=1S/C18H20O3/c1-18(2,3)14-7-11-16(12-8-14)21-15-9-5-13(6-10-15)17(19)20-4/h5-12H,1-4H3. The molecule has 3 nitrogen and oxygen atoms in total. The fourth-order valence-electron chi connectivity index (χ4n) is 1.94. The van der Waals surface area contributed by atoms with Crippen molar-refractivity contribution in [2.24, 2.45) is 0 Å². The highest BCUT2D eigenvalue weighted by Crippen LogP contribution is 2.27. The van der Waals surface area contributed by atoms with Gasteiger partial charge in [0.2, 0.25) is 0 Å². The van der Waals surface area contributed by atoms with Gasteiger partial charge in [0.25, 0.3) is 0 Å². The summed E-state index contributed by atoms with van der Waals surface area (Å²) >= 11 is 0. The lowest BCUT2D eigenvalue weighted by molar-refractivity contribution is 0.0600. The fraction of sp³-hybridized carbons (Fsp3) is 0.278. The number of hydrogen-bond acceptors (Lipinski definition) is 3. The Kier molecular flexibility index (Phi) is 4.32. The zero-order valence-corrected chi connectivity index (χ0v) is 12.8. The van der Waals surface area contributed by atoms with E-state index in [9.17, 15) is 4.79 Å². The number of benzene rings is 2. The van der Waals surface area contributed by atoms with Crippen LogP contribution in [0.1, 0.15) is 36.7 Å². The molecule has 2 aromatic carbocycles. The van der Waals surface area contributed by atoms with Crippen molar-refractivity contribution in [2.75, 3.05) is 7.11 Å². The van der Waals surface area contributed by atoms with Gasteiger partial charge in [-0.05, 0) is 47.4 Å². The van der Waals surface area contributed by atoms with E-state index in [4.69, 9.17) is 4.74 Å². The van der Waals surface area contributed by atoms with E-state index in [1.54, 1.807) is 24.3 Å². The molecule has 0 aliphatic carbocycles. The molecule has 0 amide bonds. The zero-order valence-electron chi connectivity index (χ0n) is 12.8. The molecule has 2 rings (SSSR count). The van der Waals surface area contributed by atoms with Crippen molar-refractivity contribution in [3.63, 3.8) is 0 Å². The van der Waals surface area contributed by atoms with Crippen LogP contribution in [0.5, 0.6) is 11.5 Å². The van der Waals surface area contributed by atoms with Gasteiger partial charge < -0.3 is 9.47 Å². The maximum absolute atomic E-state index is 11.4. The molecule has 0 atom stereocenters. The van der Waals surface area contributed by atoms with Gasteiger partial charge in [0.05, 0.1) is 12.7 Å². The van der Waals surface area contributed by atoms with E-state index >= 15 is 0 Å². The molecule has 21 heavy (non-hydrogen) atoms. The number of methoxy groups -OCH3 is 1. The molecular formula is C18H20O3. The summed E-state index contributed by atoms with van der Waals surface area (Å²) in [6.07, 6.45) is 0. The highest BCUT2D eigenvalue weighted by Gasteiger charge is 2.13. The number of ether oxygens (including phenoxy) is 2. The second-order valence-corrected chi connectivity index (χ2v) is 5.89. The molecule has 0 aliphatic rings. The van der Waals surface area contributed by atoms with Gasteiger partial charge in [-0.15, -0.1) is 0 Å². The third-order valence-electron chi connectivity index (χ3n) is 3.23. The molecule has 0 saturated carbocycles. The smallest absolute Gasteiger partial charge is 0.337 e. The monoisotopic (exact) mass is 284 g/mol. The normalized spacial score (nSPS) is 11.0. The number of carbonyl (C=O) groups is 1. The predicted octanol–water partition coefficient (Wildman–Crippen LogP) is 4.56. The Balaban J connectivity index is 2.10. The summed E-state index contributed by atoms with van der Waals surface area (Å²) in [7, 11) is 1.36. The van der Waals surface area contributed by atoms with Gasteiger partial charge in [0.15, 0.2) is 0 Å². The van der Waals surface area contributed by atoms with Gasteiger partial charge in [-0.25, -0.2) is 4.79 Å². The van der Waals surface area contributed by atoms with Gasteiger partial charge in [0.1, 0.15) is 11.5 Å². The molecule has 0 N–H and O–H groups in total. The van der Waals surface area contributed by atoms with Crippen molar-refractivity contribution in [1.82, 2.24) is 0 Å². The van der Waals surface area contributed by atoms with Crippen molar-refractivity contribution in [3.05, 3.63) is 59.7 Å². The minimum Gasteiger partial charge on any atom is -0.465 e. The first-order valence-electron chi connectivity index (χ1n) is 6.87. The third-order valence-corrected chi connectivity index (χ3v) is 3.23. The Morgan fingerprint density at radius 3 is 1.76 bits per heavy atom. The molecule has 3 heteroatoms. The van der Waals surface area contributed by atoms with Gasteiger partial charge in [0, 0.05) is 0 Å². The summed E-state index contributed by atoms with van der Waals surface area (Å²) in [4.78, 5) is 11.4. The van der Waals surface area contributed by atoms with Crippen molar-refractivity contribution in [2.45, 2.75) is 26.2 Å². The Hall–Kier alpha value is -2.29. The summed E-state index contributed by atoms with van der Waals surface area (Å²) in [6.45, 7) is 6.53. The lowest BCUT2D eigenvalue weighted by Crippen LogP contribution is -2.10. The second-order valence-electron chi connectivity index (χ2n) is 5.89. The highest BCUT2D eigenvalue weighted by atomic mass is 16.5. The van der Waals surface area contributed by atoms with E-state index in [2.05, 4.69) is 37.6 Å². The Labute approximate surface area is 125 Å². The number of esters is 1. The van der Waals surface area contributed by atoms with Crippen LogP contribution in [0.4, 0.5) is 0 Å². The first kappa shape index (κ1) is 15.1. The summed E-state index contributed by atoms with van der Waals surface area (Å²) in [6, 6.07) is 14.9. The predicted molar refractivity (Wildman–Crippen MR) is 83.0 cm³/mol. The average molecular weight is 284 g/mol. The van der Waals surface area contributed by atoms with E-state index in [1.807, 2.05) is 12.1 Å². The number of rotatable bonds is 3. The van der Waals surface area contributed by atoms with Crippen molar-refractivity contribution >= 4 is 5.97 Å². The van der Waals surface area contributed by atoms with Crippen LogP contribution in [0.3, 0.4) is 0 Å². The zero-order chi connectivity index (χ0) is 15.5. The molecule has 0 unspecified atom stereocenters. The molecule has 0 aromatic heterocycles. The van der Waals surface area contributed by atoms with Gasteiger partial charge >= 0.3 is 5.97 Å². The Morgan fingerprint density at radius 2 is 1.33 bits per heavy atom. The molecule has 0 saturated heterocycles. The molecular weight excluding hydrogens is 264 g/mol. The quantitative estimate of drug-likeness (QED) is 0.775. The van der Waals surface area contributed by atoms with E-state index in [0.29, 0.717) is 11.3 Å². The first-order valence-corrected chi connectivity index (χ1v) is 6.87. The molecule has 0 fully saturated rings. The Morgan fingerprint density at radius 1 is 0.857 bits per heavy atom. The van der Waals surface area contributed by atoms with Gasteiger partial charge in [-0.2, -0.15) is 0 Å². The summed E-state index contributed by atoms with van der Waals surface area (Å²) in [5, 5.41) is 0. The van der Waals surface area contributed by atoms with E-state index < -0.39 is 0 Å².